The van der Waals surface area contributed by atoms with Crippen molar-refractivity contribution in [2.24, 2.45) is 0 Å². The zero-order valence-electron chi connectivity index (χ0n) is 11.3. The van der Waals surface area contributed by atoms with Crippen molar-refractivity contribution in [3.8, 4) is 0 Å². The Labute approximate surface area is 124 Å². The largest absolute Gasteiger partial charge is 0.756 e. The van der Waals surface area contributed by atoms with Gasteiger partial charge in [0.1, 0.15) is 11.7 Å². The molecule has 0 saturated carbocycles. The van der Waals surface area contributed by atoms with Gasteiger partial charge in [-0.25, -0.2) is 4.79 Å². The molecule has 0 spiro atoms. The molecule has 122 valence electrons. The first-order valence-corrected chi connectivity index (χ1v) is 7.52. The number of phosphoric ester groups is 1. The number of pyridine rings is 1. The lowest BCUT2D eigenvalue weighted by Crippen LogP contribution is -2.46. The van der Waals surface area contributed by atoms with Crippen LogP contribution in [0.15, 0.2) is 24.5 Å². The number of hydrogen-bond donors (Lipinski definition) is 3. The summed E-state index contributed by atoms with van der Waals surface area (Å²) in [6.45, 7) is 0. The standard InChI is InChI=1S/C11H14NO9P/c1-19-22(17,18)21-11-8(14)7(13)9(20-11)12-4-2-3-6(5-12)10(15)16/h2-5,7-9,11,13-14H,1H3,(H-,15,16,17,18)/t7-,8+,9-,11-/m1/s1. The van der Waals surface area contributed by atoms with E-state index in [1.165, 1.54) is 29.1 Å². The van der Waals surface area contributed by atoms with Crippen LogP contribution in [-0.4, -0.2) is 46.9 Å². The lowest BCUT2D eigenvalue weighted by atomic mass is 10.2. The number of aliphatic hydroxyl groups is 2. The third-order valence-corrected chi connectivity index (χ3v) is 3.93. The number of aromatic nitrogens is 1. The van der Waals surface area contributed by atoms with E-state index in [-0.39, 0.29) is 5.56 Å². The Morgan fingerprint density at radius 3 is 2.73 bits per heavy atom. The maximum atomic E-state index is 11.2. The number of carbonyl (C=O) groups is 1. The summed E-state index contributed by atoms with van der Waals surface area (Å²) in [6, 6.07) is 2.72. The van der Waals surface area contributed by atoms with Crippen LogP contribution in [0.3, 0.4) is 0 Å². The lowest BCUT2D eigenvalue weighted by Gasteiger charge is -2.24. The molecule has 0 bridgehead atoms. The molecule has 1 aliphatic heterocycles. The van der Waals surface area contributed by atoms with E-state index in [1.807, 2.05) is 0 Å². The monoisotopic (exact) mass is 335 g/mol. The molecule has 0 aliphatic carbocycles. The molecule has 11 heteroatoms. The quantitative estimate of drug-likeness (QED) is 0.426. The van der Waals surface area contributed by atoms with Crippen molar-refractivity contribution in [3.05, 3.63) is 30.1 Å². The van der Waals surface area contributed by atoms with Crippen LogP contribution >= 0.6 is 7.82 Å². The van der Waals surface area contributed by atoms with E-state index < -0.39 is 38.5 Å². The molecular formula is C11H14NO9P. The van der Waals surface area contributed by atoms with Gasteiger partial charge in [0, 0.05) is 13.2 Å². The van der Waals surface area contributed by atoms with Crippen molar-refractivity contribution < 1.29 is 47.9 Å². The molecule has 1 saturated heterocycles. The summed E-state index contributed by atoms with van der Waals surface area (Å²) in [4.78, 5) is 22.1. The van der Waals surface area contributed by atoms with Gasteiger partial charge < -0.3 is 24.7 Å². The third kappa shape index (κ3) is 3.50. The molecule has 1 fully saturated rings. The van der Waals surface area contributed by atoms with Crippen LogP contribution in [0, 0.1) is 0 Å². The summed E-state index contributed by atoms with van der Waals surface area (Å²) in [6.07, 6.45) is -3.54. The average Bonchev–Trinajstić information content (AvgIpc) is 2.75. The molecule has 1 aromatic heterocycles. The maximum absolute atomic E-state index is 11.2. The number of carboxylic acids is 1. The Balaban J connectivity index is 2.21. The number of rotatable bonds is 5. The third-order valence-electron chi connectivity index (χ3n) is 3.01. The topological polar surface area (TPSA) is 149 Å². The fourth-order valence-electron chi connectivity index (χ4n) is 1.91. The molecule has 2 heterocycles. The minimum Gasteiger partial charge on any atom is -0.756 e. The molecule has 3 N–H and O–H groups in total. The van der Waals surface area contributed by atoms with Crippen LogP contribution in [0.5, 0.6) is 0 Å². The summed E-state index contributed by atoms with van der Waals surface area (Å²) in [7, 11) is -3.81. The highest BCUT2D eigenvalue weighted by atomic mass is 31.2. The Kier molecular flexibility index (Phi) is 4.93. The number of aromatic carboxylic acids is 1. The lowest BCUT2D eigenvalue weighted by molar-refractivity contribution is -0.767. The summed E-state index contributed by atoms with van der Waals surface area (Å²) in [5.41, 5.74) is -0.0800. The van der Waals surface area contributed by atoms with Gasteiger partial charge in [0.05, 0.1) is 0 Å². The van der Waals surface area contributed by atoms with E-state index >= 15 is 0 Å². The first-order chi connectivity index (χ1) is 10.2. The molecule has 5 atom stereocenters. The summed E-state index contributed by atoms with van der Waals surface area (Å²) in [5, 5.41) is 28.6. The summed E-state index contributed by atoms with van der Waals surface area (Å²) in [5.74, 6) is -1.20. The second-order valence-electron chi connectivity index (χ2n) is 4.46. The van der Waals surface area contributed by atoms with Gasteiger partial charge in [0.25, 0.3) is 14.1 Å². The van der Waals surface area contributed by atoms with Gasteiger partial charge >= 0.3 is 5.97 Å². The van der Waals surface area contributed by atoms with E-state index in [9.17, 15) is 24.5 Å². The van der Waals surface area contributed by atoms with Crippen LogP contribution in [0.4, 0.5) is 0 Å². The van der Waals surface area contributed by atoms with Crippen LogP contribution in [0.25, 0.3) is 0 Å². The smallest absolute Gasteiger partial charge is 0.341 e. The molecule has 0 amide bonds. The highest BCUT2D eigenvalue weighted by Gasteiger charge is 2.50. The zero-order chi connectivity index (χ0) is 16.5. The molecular weight excluding hydrogens is 321 g/mol. The number of aliphatic hydroxyl groups excluding tert-OH is 2. The fourth-order valence-corrected chi connectivity index (χ4v) is 2.42. The van der Waals surface area contributed by atoms with Crippen molar-refractivity contribution in [1.29, 1.82) is 0 Å². The second-order valence-corrected chi connectivity index (χ2v) is 5.93. The van der Waals surface area contributed by atoms with E-state index in [2.05, 4.69) is 9.05 Å². The molecule has 2 rings (SSSR count). The number of phosphoric acid groups is 1. The van der Waals surface area contributed by atoms with Gasteiger partial charge in [-0.1, -0.05) is 0 Å². The average molecular weight is 335 g/mol. The maximum Gasteiger partial charge on any atom is 0.341 e. The van der Waals surface area contributed by atoms with Crippen molar-refractivity contribution >= 4 is 13.8 Å². The zero-order valence-corrected chi connectivity index (χ0v) is 12.2. The first kappa shape index (κ1) is 17.0. The summed E-state index contributed by atoms with van der Waals surface area (Å²) >= 11 is 0. The number of ether oxygens (including phenoxy) is 1. The molecule has 1 aromatic rings. The van der Waals surface area contributed by atoms with Gasteiger partial charge in [-0.05, 0) is 6.07 Å². The number of hydrogen-bond acceptors (Lipinski definition) is 8. The highest BCUT2D eigenvalue weighted by molar-refractivity contribution is 7.45. The predicted octanol–water partition coefficient (Wildman–Crippen LogP) is -1.62. The van der Waals surface area contributed by atoms with Crippen LogP contribution < -0.4 is 9.46 Å². The van der Waals surface area contributed by atoms with Crippen LogP contribution in [0.1, 0.15) is 16.6 Å². The van der Waals surface area contributed by atoms with Gasteiger partial charge in [-0.3, -0.25) is 13.8 Å². The fraction of sp³-hybridized carbons (Fsp3) is 0.455. The van der Waals surface area contributed by atoms with E-state index in [1.54, 1.807) is 0 Å². The Morgan fingerprint density at radius 1 is 1.45 bits per heavy atom. The first-order valence-electron chi connectivity index (χ1n) is 6.06. The van der Waals surface area contributed by atoms with Gasteiger partial charge in [-0.2, -0.15) is 4.57 Å². The van der Waals surface area contributed by atoms with Crippen LogP contribution in [-0.2, 0) is 18.3 Å². The van der Waals surface area contributed by atoms with Crippen molar-refractivity contribution in [2.45, 2.75) is 24.7 Å². The van der Waals surface area contributed by atoms with E-state index in [0.29, 0.717) is 0 Å². The summed E-state index contributed by atoms with van der Waals surface area (Å²) < 4.78 is 26.1. The van der Waals surface area contributed by atoms with Gasteiger partial charge in [-0.15, -0.1) is 0 Å². The SMILES string of the molecule is COP(=O)([O-])O[C@H]1O[C@@H]([n+]2cccc(C(=O)O)c2)[C@H](O)[C@@H]1O. The van der Waals surface area contributed by atoms with Gasteiger partial charge in [0.15, 0.2) is 18.5 Å². The highest BCUT2D eigenvalue weighted by Crippen LogP contribution is 2.42. The minimum absolute atomic E-state index is 0.0800. The van der Waals surface area contributed by atoms with E-state index in [4.69, 9.17) is 9.84 Å². The Hall–Kier alpha value is -1.39. The van der Waals surface area contributed by atoms with Crippen LogP contribution in [0.2, 0.25) is 0 Å². The normalized spacial score (nSPS) is 30.9. The molecule has 10 nitrogen and oxygen atoms in total. The molecule has 0 aromatic carbocycles. The van der Waals surface area contributed by atoms with Crippen molar-refractivity contribution in [1.82, 2.24) is 0 Å². The molecule has 1 aliphatic rings. The van der Waals surface area contributed by atoms with Crippen molar-refractivity contribution in [3.63, 3.8) is 0 Å². The second kappa shape index (κ2) is 6.39. The molecule has 22 heavy (non-hydrogen) atoms. The molecule has 1 unspecified atom stereocenters. The Bertz CT molecular complexity index is 609. The van der Waals surface area contributed by atoms with Crippen molar-refractivity contribution in [2.75, 3.05) is 7.11 Å². The Morgan fingerprint density at radius 2 is 2.14 bits per heavy atom. The minimum atomic E-state index is -4.68. The predicted molar refractivity (Wildman–Crippen MR) is 65.2 cm³/mol. The number of nitrogens with zero attached hydrogens (tertiary/aromatic N) is 1. The van der Waals surface area contributed by atoms with E-state index in [0.717, 1.165) is 7.11 Å². The van der Waals surface area contributed by atoms with Gasteiger partial charge in [0.2, 0.25) is 6.29 Å². The molecule has 0 radical (unpaired) electrons. The number of carboxylic acid groups (broad SMARTS) is 1.